The Labute approximate surface area is 80.3 Å². The first-order valence-electron chi connectivity index (χ1n) is 5.58. The van der Waals surface area contributed by atoms with Gasteiger partial charge in [0, 0.05) is 24.9 Å². The van der Waals surface area contributed by atoms with E-state index in [1.54, 1.807) is 0 Å². The molecule has 0 spiro atoms. The Balaban J connectivity index is 1.95. The summed E-state index contributed by atoms with van der Waals surface area (Å²) < 4.78 is 0. The number of carbonyl (C=O) groups excluding carboxylic acids is 1. The third-order valence-corrected chi connectivity index (χ3v) is 3.58. The molecule has 2 fully saturated rings. The van der Waals surface area contributed by atoms with E-state index in [4.69, 9.17) is 0 Å². The van der Waals surface area contributed by atoms with Crippen LogP contribution in [0.5, 0.6) is 0 Å². The van der Waals surface area contributed by atoms with Crippen LogP contribution < -0.4 is 0 Å². The van der Waals surface area contributed by atoms with E-state index in [0.29, 0.717) is 11.8 Å². The van der Waals surface area contributed by atoms with E-state index >= 15 is 0 Å². The summed E-state index contributed by atoms with van der Waals surface area (Å²) in [6.45, 7) is 3.50. The van der Waals surface area contributed by atoms with Crippen LogP contribution in [0.4, 0.5) is 0 Å². The van der Waals surface area contributed by atoms with Crippen LogP contribution in [0.3, 0.4) is 0 Å². The first kappa shape index (κ1) is 9.20. The van der Waals surface area contributed by atoms with Gasteiger partial charge in [-0.1, -0.05) is 6.92 Å². The predicted octanol–water partition coefficient (Wildman–Crippen LogP) is 1.98. The molecule has 74 valence electrons. The standard InChI is InChI=1S/C11H19NO/c1-2-9-4-3-7-12(9)10-5-6-11(13)8-10/h9-10H,2-8H2,1H3. The maximum Gasteiger partial charge on any atom is 0.134 e. The quantitative estimate of drug-likeness (QED) is 0.649. The highest BCUT2D eigenvalue weighted by Crippen LogP contribution is 2.29. The van der Waals surface area contributed by atoms with Crippen molar-refractivity contribution in [2.45, 2.75) is 57.5 Å². The Morgan fingerprint density at radius 3 is 2.92 bits per heavy atom. The van der Waals surface area contributed by atoms with Crippen LogP contribution in [0.15, 0.2) is 0 Å². The molecule has 0 aromatic rings. The third-order valence-electron chi connectivity index (χ3n) is 3.58. The SMILES string of the molecule is CCC1CCCN1C1CCC(=O)C1. The minimum Gasteiger partial charge on any atom is -0.300 e. The summed E-state index contributed by atoms with van der Waals surface area (Å²) in [5, 5.41) is 0. The lowest BCUT2D eigenvalue weighted by molar-refractivity contribution is -0.117. The van der Waals surface area contributed by atoms with Crippen molar-refractivity contribution in [3.8, 4) is 0 Å². The number of likely N-dealkylation sites (tertiary alicyclic amines) is 1. The molecule has 1 heterocycles. The Kier molecular flexibility index (Phi) is 2.68. The number of nitrogens with zero attached hydrogens (tertiary/aromatic N) is 1. The molecule has 0 aromatic heterocycles. The second-order valence-electron chi connectivity index (χ2n) is 4.38. The van der Waals surface area contributed by atoms with Gasteiger partial charge in [0.15, 0.2) is 0 Å². The molecule has 2 atom stereocenters. The summed E-state index contributed by atoms with van der Waals surface area (Å²) in [5.41, 5.74) is 0. The van der Waals surface area contributed by atoms with E-state index < -0.39 is 0 Å². The maximum atomic E-state index is 11.2. The molecule has 1 aliphatic carbocycles. The summed E-state index contributed by atoms with van der Waals surface area (Å²) >= 11 is 0. The van der Waals surface area contributed by atoms with E-state index in [-0.39, 0.29) is 0 Å². The normalized spacial score (nSPS) is 35.9. The predicted molar refractivity (Wildman–Crippen MR) is 52.7 cm³/mol. The van der Waals surface area contributed by atoms with Gasteiger partial charge >= 0.3 is 0 Å². The first-order chi connectivity index (χ1) is 6.31. The van der Waals surface area contributed by atoms with E-state index in [9.17, 15) is 4.79 Å². The van der Waals surface area contributed by atoms with Gasteiger partial charge in [-0.05, 0) is 32.2 Å². The summed E-state index contributed by atoms with van der Waals surface area (Å²) in [4.78, 5) is 13.8. The highest BCUT2D eigenvalue weighted by atomic mass is 16.1. The number of hydrogen-bond donors (Lipinski definition) is 0. The van der Waals surface area contributed by atoms with Gasteiger partial charge in [0.25, 0.3) is 0 Å². The molecule has 2 aliphatic rings. The minimum absolute atomic E-state index is 0.478. The van der Waals surface area contributed by atoms with Crippen LogP contribution in [0, 0.1) is 0 Å². The van der Waals surface area contributed by atoms with Crippen LogP contribution in [0.2, 0.25) is 0 Å². The van der Waals surface area contributed by atoms with Gasteiger partial charge in [-0.2, -0.15) is 0 Å². The minimum atomic E-state index is 0.478. The molecule has 0 aromatic carbocycles. The molecule has 0 bridgehead atoms. The molecule has 2 nitrogen and oxygen atoms in total. The fraction of sp³-hybridized carbons (Fsp3) is 0.909. The fourth-order valence-electron chi connectivity index (χ4n) is 2.85. The van der Waals surface area contributed by atoms with Crippen LogP contribution >= 0.6 is 0 Å². The molecule has 1 aliphatic heterocycles. The highest BCUT2D eigenvalue weighted by molar-refractivity contribution is 5.81. The van der Waals surface area contributed by atoms with Crippen molar-refractivity contribution in [2.75, 3.05) is 6.54 Å². The Morgan fingerprint density at radius 1 is 1.46 bits per heavy atom. The highest BCUT2D eigenvalue weighted by Gasteiger charge is 2.33. The van der Waals surface area contributed by atoms with Crippen molar-refractivity contribution in [1.29, 1.82) is 0 Å². The zero-order valence-corrected chi connectivity index (χ0v) is 8.46. The van der Waals surface area contributed by atoms with E-state index in [0.717, 1.165) is 25.3 Å². The van der Waals surface area contributed by atoms with Crippen LogP contribution in [-0.2, 0) is 4.79 Å². The molecule has 0 N–H and O–H groups in total. The van der Waals surface area contributed by atoms with Crippen LogP contribution in [0.25, 0.3) is 0 Å². The zero-order chi connectivity index (χ0) is 9.26. The number of rotatable bonds is 2. The van der Waals surface area contributed by atoms with Gasteiger partial charge in [0.05, 0.1) is 0 Å². The first-order valence-corrected chi connectivity index (χ1v) is 5.58. The number of carbonyl (C=O) groups is 1. The van der Waals surface area contributed by atoms with E-state index in [1.807, 2.05) is 0 Å². The molecule has 2 rings (SSSR count). The molecule has 13 heavy (non-hydrogen) atoms. The number of Topliss-reactive ketones (excluding diaryl/α,β-unsaturated/α-hetero) is 1. The lowest BCUT2D eigenvalue weighted by atomic mass is 10.1. The third kappa shape index (κ3) is 1.78. The lowest BCUT2D eigenvalue weighted by Crippen LogP contribution is -2.37. The second kappa shape index (κ2) is 3.79. The van der Waals surface area contributed by atoms with Gasteiger partial charge in [-0.15, -0.1) is 0 Å². The number of hydrogen-bond acceptors (Lipinski definition) is 2. The Morgan fingerprint density at radius 2 is 2.31 bits per heavy atom. The molecule has 0 amide bonds. The summed E-state index contributed by atoms with van der Waals surface area (Å²) in [5.74, 6) is 0.478. The summed E-state index contributed by atoms with van der Waals surface area (Å²) in [7, 11) is 0. The largest absolute Gasteiger partial charge is 0.300 e. The van der Waals surface area contributed by atoms with Crippen molar-refractivity contribution in [3.05, 3.63) is 0 Å². The topological polar surface area (TPSA) is 20.3 Å². The molecule has 1 saturated heterocycles. The van der Waals surface area contributed by atoms with Crippen molar-refractivity contribution in [1.82, 2.24) is 4.90 Å². The smallest absolute Gasteiger partial charge is 0.134 e. The van der Waals surface area contributed by atoms with Crippen molar-refractivity contribution >= 4 is 5.78 Å². The van der Waals surface area contributed by atoms with Gasteiger partial charge in [-0.25, -0.2) is 0 Å². The summed E-state index contributed by atoms with van der Waals surface area (Å²) in [6, 6.07) is 1.37. The van der Waals surface area contributed by atoms with Crippen molar-refractivity contribution in [3.63, 3.8) is 0 Å². The molecular formula is C11H19NO. The lowest BCUT2D eigenvalue weighted by Gasteiger charge is -2.29. The average molecular weight is 181 g/mol. The van der Waals surface area contributed by atoms with Crippen LogP contribution in [0.1, 0.15) is 45.4 Å². The van der Waals surface area contributed by atoms with E-state index in [1.165, 1.54) is 25.8 Å². The molecular weight excluding hydrogens is 162 g/mol. The Hall–Kier alpha value is -0.370. The summed E-state index contributed by atoms with van der Waals surface area (Å²) in [6.07, 6.45) is 6.72. The molecule has 1 saturated carbocycles. The monoisotopic (exact) mass is 181 g/mol. The van der Waals surface area contributed by atoms with Crippen molar-refractivity contribution in [2.24, 2.45) is 0 Å². The molecule has 2 heteroatoms. The fourth-order valence-corrected chi connectivity index (χ4v) is 2.85. The zero-order valence-electron chi connectivity index (χ0n) is 8.46. The van der Waals surface area contributed by atoms with Crippen molar-refractivity contribution < 1.29 is 4.79 Å². The Bertz CT molecular complexity index is 202. The average Bonchev–Trinajstić information content (AvgIpc) is 2.71. The molecule has 2 unspecified atom stereocenters. The number of ketones is 1. The van der Waals surface area contributed by atoms with Gasteiger partial charge in [0.1, 0.15) is 5.78 Å². The van der Waals surface area contributed by atoms with E-state index in [2.05, 4.69) is 11.8 Å². The maximum absolute atomic E-state index is 11.2. The van der Waals surface area contributed by atoms with Crippen LogP contribution in [-0.4, -0.2) is 29.3 Å². The molecule has 0 radical (unpaired) electrons. The van der Waals surface area contributed by atoms with Gasteiger partial charge in [-0.3, -0.25) is 9.69 Å². The second-order valence-corrected chi connectivity index (χ2v) is 4.38. The van der Waals surface area contributed by atoms with Gasteiger partial charge < -0.3 is 0 Å². The van der Waals surface area contributed by atoms with Gasteiger partial charge in [0.2, 0.25) is 0 Å².